The molecular formula is C29H34N6O4. The number of aromatic nitrogens is 5. The molecule has 1 fully saturated rings. The van der Waals surface area contributed by atoms with E-state index in [0.717, 1.165) is 33.3 Å². The number of fused-ring (bicyclic) bond motifs is 1. The van der Waals surface area contributed by atoms with Gasteiger partial charge in [-0.1, -0.05) is 24.3 Å². The lowest BCUT2D eigenvalue weighted by Crippen LogP contribution is -2.42. The van der Waals surface area contributed by atoms with Crippen LogP contribution in [0.1, 0.15) is 53.9 Å². The Bertz CT molecular complexity index is 1520. The number of carbonyl (C=O) groups is 1. The Morgan fingerprint density at radius 3 is 2.51 bits per heavy atom. The van der Waals surface area contributed by atoms with Gasteiger partial charge in [0.25, 0.3) is 5.56 Å². The second kappa shape index (κ2) is 11.4. The fourth-order valence-corrected chi connectivity index (χ4v) is 5.37. The zero-order valence-electron chi connectivity index (χ0n) is 22.8. The number of aromatic amines is 1. The smallest absolute Gasteiger partial charge is 0.309 e. The van der Waals surface area contributed by atoms with Crippen LogP contribution in [0.2, 0.25) is 0 Å². The summed E-state index contributed by atoms with van der Waals surface area (Å²) in [5, 5.41) is 13.7. The van der Waals surface area contributed by atoms with Crippen LogP contribution in [0, 0.1) is 19.8 Å². The molecule has 1 atom stereocenters. The van der Waals surface area contributed by atoms with Crippen molar-refractivity contribution in [2.75, 3.05) is 26.8 Å². The van der Waals surface area contributed by atoms with Gasteiger partial charge in [0.05, 0.1) is 31.7 Å². The van der Waals surface area contributed by atoms with Crippen molar-refractivity contribution < 1.29 is 14.3 Å². The van der Waals surface area contributed by atoms with E-state index in [-0.39, 0.29) is 17.4 Å². The summed E-state index contributed by atoms with van der Waals surface area (Å²) < 4.78 is 12.3. The number of H-pyrrole nitrogens is 1. The van der Waals surface area contributed by atoms with Crippen molar-refractivity contribution in [1.82, 2.24) is 30.1 Å². The molecule has 0 unspecified atom stereocenters. The molecule has 10 nitrogen and oxygen atoms in total. The van der Waals surface area contributed by atoms with Crippen LogP contribution >= 0.6 is 0 Å². The first-order valence-corrected chi connectivity index (χ1v) is 13.3. The van der Waals surface area contributed by atoms with E-state index in [4.69, 9.17) is 9.47 Å². The predicted octanol–water partition coefficient (Wildman–Crippen LogP) is 3.55. The molecule has 5 rings (SSSR count). The van der Waals surface area contributed by atoms with E-state index in [1.807, 2.05) is 57.2 Å². The van der Waals surface area contributed by atoms with Crippen LogP contribution < -0.4 is 10.3 Å². The van der Waals surface area contributed by atoms with Crippen LogP contribution in [-0.2, 0) is 16.1 Å². The van der Waals surface area contributed by atoms with Gasteiger partial charge in [0.2, 0.25) is 0 Å². The zero-order valence-corrected chi connectivity index (χ0v) is 22.8. The summed E-state index contributed by atoms with van der Waals surface area (Å²) in [6, 6.07) is 13.3. The highest BCUT2D eigenvalue weighted by Crippen LogP contribution is 2.32. The molecule has 1 aliphatic rings. The molecule has 1 aliphatic heterocycles. The summed E-state index contributed by atoms with van der Waals surface area (Å²) in [5.74, 6) is 1.03. The third kappa shape index (κ3) is 5.42. The molecular weight excluding hydrogens is 496 g/mol. The van der Waals surface area contributed by atoms with Gasteiger partial charge in [-0.3, -0.25) is 14.5 Å². The number of nitrogens with zero attached hydrogens (tertiary/aromatic N) is 5. The average Bonchev–Trinajstić information content (AvgIpc) is 3.40. The molecule has 204 valence electrons. The van der Waals surface area contributed by atoms with Gasteiger partial charge in [0.1, 0.15) is 11.8 Å². The normalized spacial score (nSPS) is 15.4. The van der Waals surface area contributed by atoms with Gasteiger partial charge in [0.15, 0.2) is 5.82 Å². The number of hydrogen-bond acceptors (Lipinski definition) is 8. The van der Waals surface area contributed by atoms with Crippen LogP contribution in [0.25, 0.3) is 10.9 Å². The molecule has 10 heteroatoms. The van der Waals surface area contributed by atoms with Crippen LogP contribution in [0.3, 0.4) is 0 Å². The first kappa shape index (κ1) is 26.6. The Labute approximate surface area is 226 Å². The molecule has 1 N–H and O–H groups in total. The van der Waals surface area contributed by atoms with Gasteiger partial charge in [-0.05, 0) is 78.9 Å². The topological polar surface area (TPSA) is 115 Å². The Morgan fingerprint density at radius 2 is 1.82 bits per heavy atom. The minimum absolute atomic E-state index is 0.156. The highest BCUT2D eigenvalue weighted by Gasteiger charge is 2.35. The van der Waals surface area contributed by atoms with Gasteiger partial charge < -0.3 is 14.5 Å². The van der Waals surface area contributed by atoms with Crippen molar-refractivity contribution in [2.45, 2.75) is 46.2 Å². The van der Waals surface area contributed by atoms with Gasteiger partial charge in [-0.25, -0.2) is 4.68 Å². The van der Waals surface area contributed by atoms with Crippen molar-refractivity contribution in [3.05, 3.63) is 80.9 Å². The Balaban J connectivity index is 1.56. The Morgan fingerprint density at radius 1 is 1.10 bits per heavy atom. The summed E-state index contributed by atoms with van der Waals surface area (Å²) in [5.41, 5.74) is 4.33. The minimum Gasteiger partial charge on any atom is -0.497 e. The molecule has 1 saturated heterocycles. The van der Waals surface area contributed by atoms with Gasteiger partial charge in [-0.15, -0.1) is 5.10 Å². The molecule has 2 aromatic heterocycles. The molecule has 2 aromatic carbocycles. The quantitative estimate of drug-likeness (QED) is 0.344. The fraction of sp³-hybridized carbons (Fsp3) is 0.414. The Kier molecular flexibility index (Phi) is 7.74. The molecule has 0 bridgehead atoms. The molecule has 0 saturated carbocycles. The summed E-state index contributed by atoms with van der Waals surface area (Å²) in [7, 11) is 1.63. The second-order valence-corrected chi connectivity index (χ2v) is 10.0. The standard InChI is InChI=1S/C29H34N6O4/c1-5-39-29(37)21-12-14-34(15-13-21)26(24-16-23-18(2)6-7-19(3)25(23)30-28(24)36)27-31-32-33-35(27)17-20-8-10-22(38-4)11-9-20/h6-11,16,21,26H,5,12-15,17H2,1-4H3,(H,30,36)/t26-/m1/s1. The number of methoxy groups -OCH3 is 1. The number of piperidine rings is 1. The maximum Gasteiger partial charge on any atom is 0.309 e. The largest absolute Gasteiger partial charge is 0.497 e. The summed E-state index contributed by atoms with van der Waals surface area (Å²) in [6.07, 6.45) is 1.28. The number of benzene rings is 2. The molecule has 0 amide bonds. The summed E-state index contributed by atoms with van der Waals surface area (Å²) in [4.78, 5) is 31.4. The third-order valence-corrected chi connectivity index (χ3v) is 7.58. The van der Waals surface area contributed by atoms with Crippen LogP contribution in [-0.4, -0.2) is 62.9 Å². The van der Waals surface area contributed by atoms with E-state index in [2.05, 4.69) is 31.5 Å². The molecule has 39 heavy (non-hydrogen) atoms. The number of pyridine rings is 1. The lowest BCUT2D eigenvalue weighted by Gasteiger charge is -2.36. The van der Waals surface area contributed by atoms with E-state index in [9.17, 15) is 9.59 Å². The van der Waals surface area contributed by atoms with Crippen molar-refractivity contribution >= 4 is 16.9 Å². The SMILES string of the molecule is CCOC(=O)C1CCN([C@H](c2cc3c(C)ccc(C)c3[nH]c2=O)c2nnnn2Cc2ccc(OC)cc2)CC1. The van der Waals surface area contributed by atoms with E-state index in [1.54, 1.807) is 11.8 Å². The first-order chi connectivity index (χ1) is 18.9. The molecule has 4 aromatic rings. The van der Waals surface area contributed by atoms with Crippen LogP contribution in [0.5, 0.6) is 5.75 Å². The monoisotopic (exact) mass is 530 g/mol. The number of nitrogens with one attached hydrogen (secondary N) is 1. The highest BCUT2D eigenvalue weighted by atomic mass is 16.5. The van der Waals surface area contributed by atoms with Crippen molar-refractivity contribution in [3.63, 3.8) is 0 Å². The lowest BCUT2D eigenvalue weighted by molar-refractivity contribution is -0.149. The van der Waals surface area contributed by atoms with Gasteiger partial charge >= 0.3 is 5.97 Å². The van der Waals surface area contributed by atoms with Crippen molar-refractivity contribution in [2.24, 2.45) is 5.92 Å². The van der Waals surface area contributed by atoms with E-state index in [0.29, 0.717) is 50.5 Å². The number of hydrogen-bond donors (Lipinski definition) is 1. The zero-order chi connectivity index (χ0) is 27.5. The van der Waals surface area contributed by atoms with Crippen LogP contribution in [0.15, 0.2) is 47.3 Å². The first-order valence-electron chi connectivity index (χ1n) is 13.3. The maximum absolute atomic E-state index is 13.6. The minimum atomic E-state index is -0.491. The number of likely N-dealkylation sites (tertiary alicyclic amines) is 1. The molecule has 0 spiro atoms. The van der Waals surface area contributed by atoms with Gasteiger partial charge in [0, 0.05) is 24.0 Å². The molecule has 0 radical (unpaired) electrons. The number of rotatable bonds is 8. The lowest BCUT2D eigenvalue weighted by atomic mass is 9.93. The fourth-order valence-electron chi connectivity index (χ4n) is 5.37. The van der Waals surface area contributed by atoms with Crippen molar-refractivity contribution in [3.8, 4) is 5.75 Å². The maximum atomic E-state index is 13.6. The second-order valence-electron chi connectivity index (χ2n) is 10.0. The third-order valence-electron chi connectivity index (χ3n) is 7.58. The summed E-state index contributed by atoms with van der Waals surface area (Å²) in [6.45, 7) is 7.86. The van der Waals surface area contributed by atoms with E-state index < -0.39 is 6.04 Å². The van der Waals surface area contributed by atoms with E-state index >= 15 is 0 Å². The number of ether oxygens (including phenoxy) is 2. The number of esters is 1. The van der Waals surface area contributed by atoms with Gasteiger partial charge in [-0.2, -0.15) is 0 Å². The van der Waals surface area contributed by atoms with Crippen molar-refractivity contribution in [1.29, 1.82) is 0 Å². The average molecular weight is 531 g/mol. The summed E-state index contributed by atoms with van der Waals surface area (Å²) >= 11 is 0. The van der Waals surface area contributed by atoms with Crippen LogP contribution in [0.4, 0.5) is 0 Å². The number of aryl methyl sites for hydroxylation is 2. The Hall–Kier alpha value is -4.05. The number of tetrazole rings is 1. The predicted molar refractivity (Wildman–Crippen MR) is 147 cm³/mol. The van der Waals surface area contributed by atoms with E-state index in [1.165, 1.54) is 0 Å². The highest BCUT2D eigenvalue weighted by molar-refractivity contribution is 5.85. The number of carbonyl (C=O) groups excluding carboxylic acids is 1. The molecule has 0 aliphatic carbocycles. The molecule has 3 heterocycles.